The van der Waals surface area contributed by atoms with Crippen molar-refractivity contribution in [3.63, 3.8) is 0 Å². The lowest BCUT2D eigenvalue weighted by atomic mass is 10.2. The number of amides is 1. The Morgan fingerprint density at radius 1 is 1.18 bits per heavy atom. The van der Waals surface area contributed by atoms with Gasteiger partial charge in [-0.25, -0.2) is 8.42 Å². The van der Waals surface area contributed by atoms with Crippen LogP contribution in [0.25, 0.3) is 0 Å². The maximum atomic E-state index is 12.4. The van der Waals surface area contributed by atoms with Crippen molar-refractivity contribution in [1.29, 1.82) is 0 Å². The number of para-hydroxylation sites is 1. The molecule has 116 valence electrons. The average Bonchev–Trinajstić information content (AvgIpc) is 2.42. The third-order valence-corrected chi connectivity index (χ3v) is 4.60. The minimum Gasteiger partial charge on any atom is -0.505 e. The van der Waals surface area contributed by atoms with Crippen molar-refractivity contribution in [3.8, 4) is 5.75 Å². The molecule has 0 bridgehead atoms. The fourth-order valence-corrected chi connectivity index (χ4v) is 3.57. The fraction of sp³-hybridized carbons (Fsp3) is 0. The van der Waals surface area contributed by atoms with Gasteiger partial charge in [-0.1, -0.05) is 35.3 Å². The topological polar surface area (TPSA) is 109 Å². The molecule has 0 aliphatic carbocycles. The Balaban J connectivity index is 2.52. The molecule has 1 amide bonds. The van der Waals surface area contributed by atoms with Crippen molar-refractivity contribution >= 4 is 44.8 Å². The van der Waals surface area contributed by atoms with Crippen LogP contribution in [0.3, 0.4) is 0 Å². The molecule has 0 aromatic heterocycles. The lowest BCUT2D eigenvalue weighted by Gasteiger charge is -2.12. The van der Waals surface area contributed by atoms with Crippen LogP contribution in [0.1, 0.15) is 10.4 Å². The molecule has 2 aromatic carbocycles. The number of nitrogens with two attached hydrogens (primary N) is 1. The molecule has 4 N–H and O–H groups in total. The van der Waals surface area contributed by atoms with Crippen molar-refractivity contribution < 1.29 is 18.3 Å². The third kappa shape index (κ3) is 3.27. The van der Waals surface area contributed by atoms with Crippen LogP contribution in [-0.2, 0) is 10.0 Å². The monoisotopic (exact) mass is 360 g/mol. The van der Waals surface area contributed by atoms with E-state index in [1.807, 2.05) is 0 Å². The molecule has 9 heteroatoms. The number of sulfonamides is 1. The molecule has 0 aliphatic rings. The zero-order valence-corrected chi connectivity index (χ0v) is 13.2. The summed E-state index contributed by atoms with van der Waals surface area (Å²) in [7, 11) is -4.22. The minimum absolute atomic E-state index is 0.0151. The molecule has 0 spiro atoms. The number of phenolic OH excluding ortho intramolecular Hbond substituents is 1. The SMILES string of the molecule is NC(=O)c1ccccc1NS(=O)(=O)c1cc(Cl)cc(Cl)c1O. The number of rotatable bonds is 4. The van der Waals surface area contributed by atoms with Crippen molar-refractivity contribution in [1.82, 2.24) is 0 Å². The highest BCUT2D eigenvalue weighted by atomic mass is 35.5. The summed E-state index contributed by atoms with van der Waals surface area (Å²) in [6.07, 6.45) is 0. The summed E-state index contributed by atoms with van der Waals surface area (Å²) in [6.45, 7) is 0. The Labute approximate surface area is 136 Å². The second kappa shape index (κ2) is 6.04. The molecule has 0 heterocycles. The number of hydrogen-bond acceptors (Lipinski definition) is 4. The van der Waals surface area contributed by atoms with Gasteiger partial charge in [-0.2, -0.15) is 0 Å². The predicted octanol–water partition coefficient (Wildman–Crippen LogP) is 2.60. The van der Waals surface area contributed by atoms with E-state index in [1.54, 1.807) is 0 Å². The number of hydrogen-bond donors (Lipinski definition) is 3. The van der Waals surface area contributed by atoms with Crippen LogP contribution in [0.5, 0.6) is 5.75 Å². The van der Waals surface area contributed by atoms with Crippen molar-refractivity contribution in [2.75, 3.05) is 4.72 Å². The van der Waals surface area contributed by atoms with Gasteiger partial charge in [0.15, 0.2) is 5.75 Å². The maximum absolute atomic E-state index is 12.4. The fourth-order valence-electron chi connectivity index (χ4n) is 1.73. The van der Waals surface area contributed by atoms with Gasteiger partial charge in [-0.05, 0) is 24.3 Å². The van der Waals surface area contributed by atoms with Crippen molar-refractivity contribution in [2.24, 2.45) is 5.73 Å². The van der Waals surface area contributed by atoms with E-state index < -0.39 is 26.6 Å². The summed E-state index contributed by atoms with van der Waals surface area (Å²) in [5, 5.41) is 9.63. The number of primary amides is 1. The Bertz CT molecular complexity index is 853. The van der Waals surface area contributed by atoms with Gasteiger partial charge in [0.2, 0.25) is 0 Å². The summed E-state index contributed by atoms with van der Waals surface area (Å²) in [5.41, 5.74) is 5.15. The van der Waals surface area contributed by atoms with E-state index in [0.29, 0.717) is 0 Å². The average molecular weight is 361 g/mol. The van der Waals surface area contributed by atoms with E-state index in [1.165, 1.54) is 30.3 Å². The molecule has 0 unspecified atom stereocenters. The minimum atomic E-state index is -4.22. The summed E-state index contributed by atoms with van der Waals surface area (Å²) < 4.78 is 26.9. The number of aromatic hydroxyl groups is 1. The molecule has 22 heavy (non-hydrogen) atoms. The number of carbonyl (C=O) groups excluding carboxylic acids is 1. The van der Waals surface area contributed by atoms with Gasteiger partial charge >= 0.3 is 0 Å². The van der Waals surface area contributed by atoms with E-state index in [-0.39, 0.29) is 21.3 Å². The highest BCUT2D eigenvalue weighted by molar-refractivity contribution is 7.92. The van der Waals surface area contributed by atoms with Gasteiger partial charge in [0.1, 0.15) is 4.90 Å². The molecule has 2 aromatic rings. The van der Waals surface area contributed by atoms with E-state index >= 15 is 0 Å². The van der Waals surface area contributed by atoms with E-state index in [4.69, 9.17) is 28.9 Å². The van der Waals surface area contributed by atoms with Crippen LogP contribution in [0.15, 0.2) is 41.3 Å². The van der Waals surface area contributed by atoms with Gasteiger partial charge in [0.05, 0.1) is 16.3 Å². The van der Waals surface area contributed by atoms with Crippen LogP contribution < -0.4 is 10.5 Å². The number of nitrogens with one attached hydrogen (secondary N) is 1. The molecule has 0 atom stereocenters. The van der Waals surface area contributed by atoms with E-state index in [9.17, 15) is 18.3 Å². The quantitative estimate of drug-likeness (QED) is 0.778. The number of benzene rings is 2. The van der Waals surface area contributed by atoms with Gasteiger partial charge in [0.25, 0.3) is 15.9 Å². The van der Waals surface area contributed by atoms with Crippen molar-refractivity contribution in [2.45, 2.75) is 4.90 Å². The first-order valence-corrected chi connectivity index (χ1v) is 8.06. The Morgan fingerprint density at radius 3 is 2.45 bits per heavy atom. The maximum Gasteiger partial charge on any atom is 0.265 e. The summed E-state index contributed by atoms with van der Waals surface area (Å²) in [4.78, 5) is 10.8. The smallest absolute Gasteiger partial charge is 0.265 e. The molecular formula is C13H10Cl2N2O4S. The largest absolute Gasteiger partial charge is 0.505 e. The standard InChI is InChI=1S/C13H10Cl2N2O4S/c14-7-5-9(15)12(18)11(6-7)22(20,21)17-10-4-2-1-3-8(10)13(16)19/h1-6,17-18H,(H2,16,19). The van der Waals surface area contributed by atoms with Crippen LogP contribution >= 0.6 is 23.2 Å². The number of carbonyl (C=O) groups is 1. The Hall–Kier alpha value is -1.96. The van der Waals surface area contributed by atoms with E-state index in [0.717, 1.165) is 6.07 Å². The number of phenols is 1. The first-order valence-electron chi connectivity index (χ1n) is 5.82. The Morgan fingerprint density at radius 2 is 1.82 bits per heavy atom. The number of halogens is 2. The molecule has 6 nitrogen and oxygen atoms in total. The summed E-state index contributed by atoms with van der Waals surface area (Å²) in [6, 6.07) is 8.03. The molecule has 0 saturated carbocycles. The van der Waals surface area contributed by atoms with Gasteiger partial charge in [0, 0.05) is 5.02 Å². The van der Waals surface area contributed by atoms with Gasteiger partial charge in [-0.3, -0.25) is 9.52 Å². The number of anilines is 1. The summed E-state index contributed by atoms with van der Waals surface area (Å²) >= 11 is 11.5. The third-order valence-electron chi connectivity index (χ3n) is 2.72. The molecule has 0 saturated heterocycles. The van der Waals surface area contributed by atoms with Crippen LogP contribution in [0.4, 0.5) is 5.69 Å². The second-order valence-electron chi connectivity index (χ2n) is 4.25. The lowest BCUT2D eigenvalue weighted by Crippen LogP contribution is -2.18. The molecule has 0 radical (unpaired) electrons. The highest BCUT2D eigenvalue weighted by Gasteiger charge is 2.23. The van der Waals surface area contributed by atoms with Crippen LogP contribution in [0.2, 0.25) is 10.0 Å². The van der Waals surface area contributed by atoms with Crippen LogP contribution in [-0.4, -0.2) is 19.4 Å². The molecule has 0 aliphatic heterocycles. The van der Waals surface area contributed by atoms with E-state index in [2.05, 4.69) is 4.72 Å². The predicted molar refractivity (Wildman–Crippen MR) is 83.9 cm³/mol. The second-order valence-corrected chi connectivity index (χ2v) is 6.74. The highest BCUT2D eigenvalue weighted by Crippen LogP contribution is 2.35. The summed E-state index contributed by atoms with van der Waals surface area (Å²) in [5.74, 6) is -1.44. The first-order chi connectivity index (χ1) is 10.2. The van der Waals surface area contributed by atoms with Gasteiger partial charge in [-0.15, -0.1) is 0 Å². The first kappa shape index (κ1) is 16.4. The zero-order chi connectivity index (χ0) is 16.5. The lowest BCUT2D eigenvalue weighted by molar-refractivity contribution is 0.100. The Kier molecular flexibility index (Phi) is 4.50. The van der Waals surface area contributed by atoms with Crippen molar-refractivity contribution in [3.05, 3.63) is 52.0 Å². The van der Waals surface area contributed by atoms with Gasteiger partial charge < -0.3 is 10.8 Å². The molecule has 2 rings (SSSR count). The van der Waals surface area contributed by atoms with Crippen LogP contribution in [0, 0.1) is 0 Å². The molecular weight excluding hydrogens is 351 g/mol. The molecule has 0 fully saturated rings. The zero-order valence-electron chi connectivity index (χ0n) is 10.9. The normalized spacial score (nSPS) is 11.2.